The van der Waals surface area contributed by atoms with Gasteiger partial charge in [0.15, 0.2) is 6.10 Å². The van der Waals surface area contributed by atoms with Crippen molar-refractivity contribution in [3.63, 3.8) is 0 Å². The SMILES string of the molecule is Cc1noc(C)c1COc1ccc(CC(=O)OC(C)C(=O)N(C(C)C)C(C)C)cc1. The number of aromatic nitrogens is 1. The number of esters is 1. The fourth-order valence-corrected chi connectivity index (χ4v) is 3.34. The van der Waals surface area contributed by atoms with E-state index in [2.05, 4.69) is 5.16 Å². The molecule has 0 N–H and O–H groups in total. The Morgan fingerprint density at radius 3 is 2.13 bits per heavy atom. The summed E-state index contributed by atoms with van der Waals surface area (Å²) in [5, 5.41) is 3.91. The molecule has 1 unspecified atom stereocenters. The molecule has 0 spiro atoms. The van der Waals surface area contributed by atoms with Gasteiger partial charge in [0, 0.05) is 12.1 Å². The van der Waals surface area contributed by atoms with Crippen molar-refractivity contribution in [2.24, 2.45) is 0 Å². The van der Waals surface area contributed by atoms with Gasteiger partial charge in [-0.3, -0.25) is 9.59 Å². The molecular weight excluding hydrogens is 384 g/mol. The first-order valence-electron chi connectivity index (χ1n) is 10.2. The van der Waals surface area contributed by atoms with Crippen molar-refractivity contribution in [3.8, 4) is 5.75 Å². The number of nitrogens with zero attached hydrogens (tertiary/aromatic N) is 2. The third kappa shape index (κ3) is 6.08. The molecule has 1 atom stereocenters. The number of carbonyl (C=O) groups is 2. The van der Waals surface area contributed by atoms with Crippen LogP contribution >= 0.6 is 0 Å². The first kappa shape index (κ1) is 23.4. The molecule has 0 fully saturated rings. The molecule has 1 aromatic heterocycles. The average Bonchev–Trinajstić information content (AvgIpc) is 2.98. The summed E-state index contributed by atoms with van der Waals surface area (Å²) in [5.74, 6) is 0.799. The Bertz CT molecular complexity index is 827. The predicted octanol–water partition coefficient (Wildman–Crippen LogP) is 3.99. The first-order chi connectivity index (χ1) is 14.1. The number of rotatable bonds is 9. The highest BCUT2D eigenvalue weighted by molar-refractivity contribution is 5.84. The molecule has 2 rings (SSSR count). The van der Waals surface area contributed by atoms with Crippen LogP contribution in [0.3, 0.4) is 0 Å². The smallest absolute Gasteiger partial charge is 0.311 e. The monoisotopic (exact) mass is 416 g/mol. The third-order valence-corrected chi connectivity index (χ3v) is 4.86. The quantitative estimate of drug-likeness (QED) is 0.575. The minimum absolute atomic E-state index is 0.0385. The number of benzene rings is 1. The number of amides is 1. The van der Waals surface area contributed by atoms with E-state index in [1.165, 1.54) is 0 Å². The molecule has 0 bridgehead atoms. The number of hydrogen-bond acceptors (Lipinski definition) is 6. The van der Waals surface area contributed by atoms with Gasteiger partial charge in [-0.25, -0.2) is 0 Å². The maximum absolute atomic E-state index is 12.6. The van der Waals surface area contributed by atoms with Gasteiger partial charge in [0.25, 0.3) is 5.91 Å². The summed E-state index contributed by atoms with van der Waals surface area (Å²) in [6.45, 7) is 13.5. The van der Waals surface area contributed by atoms with Crippen molar-refractivity contribution in [3.05, 3.63) is 46.8 Å². The van der Waals surface area contributed by atoms with Crippen LogP contribution in [0.2, 0.25) is 0 Å². The molecule has 0 aliphatic heterocycles. The Morgan fingerprint density at radius 1 is 1.03 bits per heavy atom. The summed E-state index contributed by atoms with van der Waals surface area (Å²) >= 11 is 0. The summed E-state index contributed by atoms with van der Waals surface area (Å²) in [7, 11) is 0. The van der Waals surface area contributed by atoms with E-state index in [1.807, 2.05) is 53.7 Å². The average molecular weight is 417 g/mol. The summed E-state index contributed by atoms with van der Waals surface area (Å²) in [4.78, 5) is 26.6. The highest BCUT2D eigenvalue weighted by Crippen LogP contribution is 2.18. The van der Waals surface area contributed by atoms with Gasteiger partial charge in [0.05, 0.1) is 17.7 Å². The molecule has 2 aromatic rings. The first-order valence-corrected chi connectivity index (χ1v) is 10.2. The van der Waals surface area contributed by atoms with E-state index in [0.717, 1.165) is 22.6 Å². The van der Waals surface area contributed by atoms with Crippen molar-refractivity contribution >= 4 is 11.9 Å². The molecule has 0 saturated carbocycles. The largest absolute Gasteiger partial charge is 0.489 e. The Kier molecular flexibility index (Phi) is 8.03. The Morgan fingerprint density at radius 2 is 1.63 bits per heavy atom. The topological polar surface area (TPSA) is 81.9 Å². The zero-order valence-corrected chi connectivity index (χ0v) is 18.9. The van der Waals surface area contributed by atoms with Crippen LogP contribution in [-0.2, 0) is 27.4 Å². The molecule has 7 heteroatoms. The molecule has 164 valence electrons. The van der Waals surface area contributed by atoms with Crippen LogP contribution in [0, 0.1) is 13.8 Å². The molecule has 1 aromatic carbocycles. The van der Waals surface area contributed by atoms with Crippen LogP contribution < -0.4 is 4.74 Å². The second-order valence-corrected chi connectivity index (χ2v) is 7.98. The van der Waals surface area contributed by atoms with Crippen LogP contribution in [0.4, 0.5) is 0 Å². The van der Waals surface area contributed by atoms with Crippen LogP contribution in [-0.4, -0.2) is 40.1 Å². The lowest BCUT2D eigenvalue weighted by molar-refractivity contribution is -0.160. The Balaban J connectivity index is 1.89. The van der Waals surface area contributed by atoms with Crippen LogP contribution in [0.5, 0.6) is 5.75 Å². The molecule has 0 aliphatic carbocycles. The second-order valence-electron chi connectivity index (χ2n) is 7.98. The highest BCUT2D eigenvalue weighted by atomic mass is 16.5. The van der Waals surface area contributed by atoms with Crippen LogP contribution in [0.25, 0.3) is 0 Å². The van der Waals surface area contributed by atoms with Crippen molar-refractivity contribution in [1.82, 2.24) is 10.1 Å². The number of ether oxygens (including phenoxy) is 2. The van der Waals surface area contributed by atoms with E-state index in [4.69, 9.17) is 14.0 Å². The van der Waals surface area contributed by atoms with E-state index in [1.54, 1.807) is 24.0 Å². The zero-order valence-electron chi connectivity index (χ0n) is 18.9. The summed E-state index contributed by atoms with van der Waals surface area (Å²) in [6.07, 6.45) is -0.731. The molecule has 0 radical (unpaired) electrons. The van der Waals surface area contributed by atoms with Gasteiger partial charge in [-0.15, -0.1) is 0 Å². The Hall–Kier alpha value is -2.83. The van der Waals surface area contributed by atoms with Crippen molar-refractivity contribution in [2.75, 3.05) is 0 Å². The molecular formula is C23H32N2O5. The maximum atomic E-state index is 12.6. The van der Waals surface area contributed by atoms with Gasteiger partial charge < -0.3 is 18.9 Å². The van der Waals surface area contributed by atoms with E-state index in [-0.39, 0.29) is 24.4 Å². The minimum atomic E-state index is -0.819. The van der Waals surface area contributed by atoms with Crippen LogP contribution in [0.15, 0.2) is 28.8 Å². The predicted molar refractivity (Wildman–Crippen MR) is 113 cm³/mol. The van der Waals surface area contributed by atoms with E-state index in [0.29, 0.717) is 12.4 Å². The number of aryl methyl sites for hydroxylation is 2. The van der Waals surface area contributed by atoms with Gasteiger partial charge in [-0.2, -0.15) is 0 Å². The molecule has 0 aliphatic rings. The zero-order chi connectivity index (χ0) is 22.4. The number of hydrogen-bond donors (Lipinski definition) is 0. The van der Waals surface area contributed by atoms with E-state index in [9.17, 15) is 9.59 Å². The third-order valence-electron chi connectivity index (χ3n) is 4.86. The van der Waals surface area contributed by atoms with Crippen molar-refractivity contribution in [1.29, 1.82) is 0 Å². The van der Waals surface area contributed by atoms with Gasteiger partial charge >= 0.3 is 5.97 Å². The normalized spacial score (nSPS) is 12.2. The van der Waals surface area contributed by atoms with E-state index < -0.39 is 12.1 Å². The molecule has 7 nitrogen and oxygen atoms in total. The Labute approximate surface area is 178 Å². The van der Waals surface area contributed by atoms with Gasteiger partial charge in [-0.1, -0.05) is 17.3 Å². The highest BCUT2D eigenvalue weighted by Gasteiger charge is 2.27. The number of carbonyl (C=O) groups excluding carboxylic acids is 2. The lowest BCUT2D eigenvalue weighted by Gasteiger charge is -2.32. The molecule has 1 heterocycles. The van der Waals surface area contributed by atoms with Gasteiger partial charge in [0.1, 0.15) is 18.1 Å². The van der Waals surface area contributed by atoms with Crippen molar-refractivity contribution < 1.29 is 23.6 Å². The second kappa shape index (κ2) is 10.3. The van der Waals surface area contributed by atoms with Crippen LogP contribution in [0.1, 0.15) is 57.2 Å². The maximum Gasteiger partial charge on any atom is 0.311 e. The molecule has 0 saturated heterocycles. The van der Waals surface area contributed by atoms with E-state index >= 15 is 0 Å². The summed E-state index contributed by atoms with van der Waals surface area (Å²) in [5.41, 5.74) is 2.52. The minimum Gasteiger partial charge on any atom is -0.489 e. The fourth-order valence-electron chi connectivity index (χ4n) is 3.34. The fraction of sp³-hybridized carbons (Fsp3) is 0.522. The lowest BCUT2D eigenvalue weighted by atomic mass is 10.1. The molecule has 1 amide bonds. The summed E-state index contributed by atoms with van der Waals surface area (Å²) in [6, 6.07) is 7.30. The van der Waals surface area contributed by atoms with Crippen molar-refractivity contribution in [2.45, 2.75) is 79.7 Å². The molecule has 30 heavy (non-hydrogen) atoms. The van der Waals surface area contributed by atoms with Gasteiger partial charge in [-0.05, 0) is 66.2 Å². The summed E-state index contributed by atoms with van der Waals surface area (Å²) < 4.78 is 16.3. The lowest BCUT2D eigenvalue weighted by Crippen LogP contribution is -2.47. The standard InChI is InChI=1S/C23H32N2O5/c1-14(2)25(15(3)4)23(27)18(7)29-22(26)12-19-8-10-20(11-9-19)28-13-21-16(5)24-30-17(21)6/h8-11,14-15,18H,12-13H2,1-7H3. The van der Waals surface area contributed by atoms with Gasteiger partial charge in [0.2, 0.25) is 0 Å².